The molecular formula is C30H30N4O3S. The van der Waals surface area contributed by atoms with E-state index in [2.05, 4.69) is 24.1 Å². The molecule has 0 unspecified atom stereocenters. The van der Waals surface area contributed by atoms with Crippen LogP contribution in [-0.4, -0.2) is 27.1 Å². The molecular weight excluding hydrogens is 496 g/mol. The number of carbonyl (C=O) groups is 1. The van der Waals surface area contributed by atoms with Gasteiger partial charge in [-0.05, 0) is 65.6 Å². The number of aliphatic hydroxyl groups excluding tert-OH is 1. The van der Waals surface area contributed by atoms with E-state index in [9.17, 15) is 14.7 Å². The van der Waals surface area contributed by atoms with Crippen molar-refractivity contribution in [3.8, 4) is 11.1 Å². The van der Waals surface area contributed by atoms with Gasteiger partial charge in [0.2, 0.25) is 0 Å². The quantitative estimate of drug-likeness (QED) is 0.379. The second kappa shape index (κ2) is 9.22. The minimum absolute atomic E-state index is 0.00766. The molecule has 6 rings (SSSR count). The molecule has 0 saturated carbocycles. The summed E-state index contributed by atoms with van der Waals surface area (Å²) in [6.07, 6.45) is 6.28. The second-order valence-corrected chi connectivity index (χ2v) is 12.0. The van der Waals surface area contributed by atoms with Crippen molar-refractivity contribution in [2.45, 2.75) is 39.7 Å². The molecule has 0 fully saturated rings. The molecule has 1 aliphatic heterocycles. The van der Waals surface area contributed by atoms with E-state index >= 15 is 0 Å². The van der Waals surface area contributed by atoms with Crippen LogP contribution >= 0.6 is 11.3 Å². The van der Waals surface area contributed by atoms with Crippen LogP contribution in [0.1, 0.15) is 45.1 Å². The summed E-state index contributed by atoms with van der Waals surface area (Å²) in [7, 11) is 1.70. The summed E-state index contributed by atoms with van der Waals surface area (Å²) in [4.78, 5) is 34.9. The fourth-order valence-corrected chi connectivity index (χ4v) is 7.35. The Morgan fingerprint density at radius 3 is 2.71 bits per heavy atom. The van der Waals surface area contributed by atoms with Crippen molar-refractivity contribution < 1.29 is 9.90 Å². The fraction of sp³-hybridized carbons (Fsp3) is 0.300. The van der Waals surface area contributed by atoms with Crippen LogP contribution < -0.4 is 15.8 Å². The Hall–Kier alpha value is -3.75. The Morgan fingerprint density at radius 1 is 1.11 bits per heavy atom. The predicted octanol–water partition coefficient (Wildman–Crippen LogP) is 5.07. The van der Waals surface area contributed by atoms with Crippen LogP contribution in [0.2, 0.25) is 0 Å². The number of hydrogen-bond acceptors (Lipinski definition) is 6. The molecule has 7 nitrogen and oxygen atoms in total. The molecule has 0 radical (unpaired) electrons. The van der Waals surface area contributed by atoms with E-state index in [1.165, 1.54) is 20.6 Å². The van der Waals surface area contributed by atoms with Crippen molar-refractivity contribution in [1.29, 1.82) is 0 Å². The van der Waals surface area contributed by atoms with E-state index in [0.717, 1.165) is 35.3 Å². The van der Waals surface area contributed by atoms with Gasteiger partial charge in [-0.1, -0.05) is 32.0 Å². The van der Waals surface area contributed by atoms with Crippen LogP contribution in [0.4, 0.5) is 17.2 Å². The Kier molecular flexibility index (Phi) is 5.96. The van der Waals surface area contributed by atoms with E-state index in [4.69, 9.17) is 0 Å². The molecule has 0 bridgehead atoms. The predicted molar refractivity (Wildman–Crippen MR) is 151 cm³/mol. The topological polar surface area (TPSA) is 87.5 Å². The number of amides is 1. The maximum Gasteiger partial charge on any atom is 0.274 e. The summed E-state index contributed by atoms with van der Waals surface area (Å²) < 4.78 is 1.52. The SMILES string of the molecule is Cn1cc(-c2cccc(N3CCc4c(sc5c4CC(C)(C)C5)C3=O)c2CO)cc(Nc2ccccn2)c1=O. The number of pyridine rings is 2. The van der Waals surface area contributed by atoms with Crippen LogP contribution in [0.3, 0.4) is 0 Å². The standard InChI is InChI=1S/C30H30N4O3S/c1-30(2)14-21-20-10-12-34(29(37)27(20)38-25(21)15-30)24-8-6-7-19(22(24)17-35)18-13-23(28(36)33(3)16-18)32-26-9-4-5-11-31-26/h4-9,11,13,16,35H,10,12,14-15,17H2,1-3H3,(H,31,32). The van der Waals surface area contributed by atoms with Gasteiger partial charge >= 0.3 is 0 Å². The first-order chi connectivity index (χ1) is 18.3. The van der Waals surface area contributed by atoms with Crippen LogP contribution in [0.5, 0.6) is 0 Å². The van der Waals surface area contributed by atoms with Gasteiger partial charge in [0.1, 0.15) is 11.5 Å². The number of rotatable bonds is 5. The van der Waals surface area contributed by atoms with Gasteiger partial charge in [0.05, 0.1) is 17.2 Å². The number of aryl methyl sites for hydroxylation is 1. The van der Waals surface area contributed by atoms with Gasteiger partial charge in [-0.2, -0.15) is 0 Å². The van der Waals surface area contributed by atoms with Gasteiger partial charge in [0.25, 0.3) is 11.5 Å². The number of aliphatic hydroxyl groups is 1. The lowest BCUT2D eigenvalue weighted by atomic mass is 9.89. The molecule has 194 valence electrons. The Morgan fingerprint density at radius 2 is 1.95 bits per heavy atom. The maximum absolute atomic E-state index is 13.7. The number of aromatic nitrogens is 2. The largest absolute Gasteiger partial charge is 0.392 e. The first-order valence-electron chi connectivity index (χ1n) is 12.8. The molecule has 2 aliphatic rings. The highest BCUT2D eigenvalue weighted by molar-refractivity contribution is 7.14. The van der Waals surface area contributed by atoms with E-state index in [0.29, 0.717) is 29.3 Å². The third-order valence-corrected chi connectivity index (χ3v) is 8.80. The van der Waals surface area contributed by atoms with E-state index in [1.54, 1.807) is 42.9 Å². The highest BCUT2D eigenvalue weighted by atomic mass is 32.1. The van der Waals surface area contributed by atoms with Gasteiger partial charge in [-0.15, -0.1) is 11.3 Å². The molecule has 1 amide bonds. The number of thiophene rings is 1. The fourth-order valence-electron chi connectivity index (χ4n) is 5.78. The van der Waals surface area contributed by atoms with Crippen molar-refractivity contribution in [3.05, 3.63) is 91.7 Å². The number of nitrogens with one attached hydrogen (secondary N) is 1. The lowest BCUT2D eigenvalue weighted by molar-refractivity contribution is 0.0984. The highest BCUT2D eigenvalue weighted by Crippen LogP contribution is 2.46. The Bertz CT molecular complexity index is 1620. The number of anilines is 3. The molecule has 0 saturated heterocycles. The molecule has 0 atom stereocenters. The number of carbonyl (C=O) groups excluding carboxylic acids is 1. The van der Waals surface area contributed by atoms with Crippen LogP contribution in [-0.2, 0) is 32.9 Å². The van der Waals surface area contributed by atoms with E-state index < -0.39 is 0 Å². The van der Waals surface area contributed by atoms with Crippen LogP contribution in [0, 0.1) is 5.41 Å². The average molecular weight is 527 g/mol. The molecule has 1 aliphatic carbocycles. The summed E-state index contributed by atoms with van der Waals surface area (Å²) in [5.41, 5.74) is 5.98. The molecule has 3 aromatic heterocycles. The van der Waals surface area contributed by atoms with Gasteiger partial charge in [0.15, 0.2) is 0 Å². The summed E-state index contributed by atoms with van der Waals surface area (Å²) >= 11 is 1.65. The van der Waals surface area contributed by atoms with E-state index in [-0.39, 0.29) is 23.5 Å². The zero-order valence-corrected chi connectivity index (χ0v) is 22.6. The summed E-state index contributed by atoms with van der Waals surface area (Å²) in [5.74, 6) is 0.576. The molecule has 38 heavy (non-hydrogen) atoms. The van der Waals surface area contributed by atoms with Crippen molar-refractivity contribution in [1.82, 2.24) is 9.55 Å². The maximum atomic E-state index is 13.7. The average Bonchev–Trinajstić information content (AvgIpc) is 3.39. The lowest BCUT2D eigenvalue weighted by Gasteiger charge is -2.30. The molecule has 4 aromatic rings. The third-order valence-electron chi connectivity index (χ3n) is 7.54. The van der Waals surface area contributed by atoms with Crippen molar-refractivity contribution in [2.24, 2.45) is 12.5 Å². The number of nitrogens with zero attached hydrogens (tertiary/aromatic N) is 3. The summed E-state index contributed by atoms with van der Waals surface area (Å²) in [6, 6.07) is 13.0. The number of hydrogen-bond donors (Lipinski definition) is 2. The van der Waals surface area contributed by atoms with Crippen molar-refractivity contribution >= 4 is 34.4 Å². The van der Waals surface area contributed by atoms with Crippen molar-refractivity contribution in [3.63, 3.8) is 0 Å². The molecule has 8 heteroatoms. The minimum atomic E-state index is -0.233. The molecule has 4 heterocycles. The normalized spacial score (nSPS) is 15.9. The summed E-state index contributed by atoms with van der Waals surface area (Å²) in [5, 5.41) is 13.6. The minimum Gasteiger partial charge on any atom is -0.392 e. The smallest absolute Gasteiger partial charge is 0.274 e. The van der Waals surface area contributed by atoms with Gasteiger partial charge in [0, 0.05) is 42.0 Å². The van der Waals surface area contributed by atoms with Gasteiger partial charge < -0.3 is 19.9 Å². The Labute approximate surface area is 225 Å². The Balaban J connectivity index is 1.38. The first-order valence-corrected chi connectivity index (χ1v) is 13.6. The van der Waals surface area contributed by atoms with Gasteiger partial charge in [-0.3, -0.25) is 9.59 Å². The zero-order chi connectivity index (χ0) is 26.6. The molecule has 1 aromatic carbocycles. The molecule has 0 spiro atoms. The number of benzene rings is 1. The van der Waals surface area contributed by atoms with Crippen molar-refractivity contribution in [2.75, 3.05) is 16.8 Å². The van der Waals surface area contributed by atoms with Crippen LogP contribution in [0.15, 0.2) is 59.7 Å². The summed E-state index contributed by atoms with van der Waals surface area (Å²) in [6.45, 7) is 4.92. The zero-order valence-electron chi connectivity index (χ0n) is 21.7. The highest BCUT2D eigenvalue weighted by Gasteiger charge is 2.38. The second-order valence-electron chi connectivity index (χ2n) is 10.9. The number of fused-ring (bicyclic) bond motifs is 3. The first kappa shape index (κ1) is 24.6. The van der Waals surface area contributed by atoms with E-state index in [1.807, 2.05) is 35.2 Å². The van der Waals surface area contributed by atoms with Crippen LogP contribution in [0.25, 0.3) is 11.1 Å². The van der Waals surface area contributed by atoms with Gasteiger partial charge in [-0.25, -0.2) is 4.98 Å². The monoisotopic (exact) mass is 526 g/mol. The lowest BCUT2D eigenvalue weighted by Crippen LogP contribution is -2.37. The molecule has 2 N–H and O–H groups in total. The third kappa shape index (κ3) is 4.14.